The van der Waals surface area contributed by atoms with Crippen molar-refractivity contribution < 1.29 is 0 Å². The molecule has 0 aromatic carbocycles. The molecule has 0 rings (SSSR count). The smallest absolute Gasteiger partial charge is 0.313 e. The summed E-state index contributed by atoms with van der Waals surface area (Å²) in [5.41, 5.74) is 0. The molecule has 0 atom stereocenters. The standard InChI is InChI=1S/C8H20BN2.4CH4/c1-5-10(6-2)9-11(7-3)8-4;;;;/h5-8H2,1-4H3;4*1H4. The fraction of sp³-hybridized carbons (Fsp3) is 1.00. The highest BCUT2D eigenvalue weighted by molar-refractivity contribution is 6.28. The van der Waals surface area contributed by atoms with Crippen LogP contribution in [0.25, 0.3) is 0 Å². The maximum Gasteiger partial charge on any atom is 0.313 e. The molecule has 0 aliphatic rings. The molecular formula is C12H36BN2. The first-order valence-corrected chi connectivity index (χ1v) is 4.61. The molecule has 97 valence electrons. The summed E-state index contributed by atoms with van der Waals surface area (Å²) in [5.74, 6) is 0. The fourth-order valence-corrected chi connectivity index (χ4v) is 1.00. The lowest BCUT2D eigenvalue weighted by atomic mass is 10.0. The Morgan fingerprint density at radius 1 is 0.600 bits per heavy atom. The van der Waals surface area contributed by atoms with E-state index in [-0.39, 0.29) is 29.7 Å². The summed E-state index contributed by atoms with van der Waals surface area (Å²) in [6, 6.07) is 0. The average molecular weight is 219 g/mol. The largest absolute Gasteiger partial charge is 0.332 e. The van der Waals surface area contributed by atoms with E-state index in [0.29, 0.717) is 0 Å². The van der Waals surface area contributed by atoms with Gasteiger partial charge in [-0.25, -0.2) is 0 Å². The lowest BCUT2D eigenvalue weighted by Crippen LogP contribution is -2.41. The molecule has 0 aliphatic carbocycles. The summed E-state index contributed by atoms with van der Waals surface area (Å²) < 4.78 is 0. The Morgan fingerprint density at radius 2 is 0.800 bits per heavy atom. The molecule has 0 aliphatic heterocycles. The van der Waals surface area contributed by atoms with E-state index in [0.717, 1.165) is 26.2 Å². The predicted octanol–water partition coefficient (Wildman–Crippen LogP) is 3.75. The lowest BCUT2D eigenvalue weighted by molar-refractivity contribution is 0.401. The van der Waals surface area contributed by atoms with Gasteiger partial charge in [-0.3, -0.25) is 0 Å². The summed E-state index contributed by atoms with van der Waals surface area (Å²) in [7, 11) is 2.22. The number of hydrogen-bond acceptors (Lipinski definition) is 2. The molecule has 0 amide bonds. The molecule has 0 bridgehead atoms. The fourth-order valence-electron chi connectivity index (χ4n) is 1.00. The van der Waals surface area contributed by atoms with Gasteiger partial charge in [-0.15, -0.1) is 0 Å². The van der Waals surface area contributed by atoms with Crippen LogP contribution in [0.2, 0.25) is 0 Å². The van der Waals surface area contributed by atoms with Crippen LogP contribution in [-0.4, -0.2) is 43.4 Å². The molecule has 2 nitrogen and oxygen atoms in total. The molecule has 0 spiro atoms. The van der Waals surface area contributed by atoms with Gasteiger partial charge in [0.1, 0.15) is 0 Å². The Hall–Kier alpha value is -0.0151. The number of hydrogen-bond donors (Lipinski definition) is 0. The van der Waals surface area contributed by atoms with Crippen LogP contribution >= 0.6 is 0 Å². The first kappa shape index (κ1) is 29.4. The van der Waals surface area contributed by atoms with E-state index in [1.807, 2.05) is 0 Å². The van der Waals surface area contributed by atoms with E-state index in [1.54, 1.807) is 0 Å². The average Bonchev–Trinajstić information content (AvgIpc) is 2.07. The van der Waals surface area contributed by atoms with Crippen molar-refractivity contribution in [3.05, 3.63) is 0 Å². The second-order valence-electron chi connectivity index (χ2n) is 2.56. The Labute approximate surface area is 101 Å². The summed E-state index contributed by atoms with van der Waals surface area (Å²) in [5, 5.41) is 0. The van der Waals surface area contributed by atoms with Crippen molar-refractivity contribution in [2.45, 2.75) is 57.4 Å². The summed E-state index contributed by atoms with van der Waals surface area (Å²) in [4.78, 5) is 4.62. The van der Waals surface area contributed by atoms with Crippen LogP contribution < -0.4 is 0 Å². The van der Waals surface area contributed by atoms with E-state index < -0.39 is 0 Å². The Balaban J connectivity index is -0.0000000833. The molecule has 0 unspecified atom stereocenters. The molecule has 15 heavy (non-hydrogen) atoms. The van der Waals surface area contributed by atoms with E-state index >= 15 is 0 Å². The topological polar surface area (TPSA) is 6.48 Å². The van der Waals surface area contributed by atoms with Crippen LogP contribution in [0, 0.1) is 0 Å². The predicted molar refractivity (Wildman–Crippen MR) is 78.5 cm³/mol. The molecule has 0 fully saturated rings. The van der Waals surface area contributed by atoms with Crippen molar-refractivity contribution in [2.24, 2.45) is 0 Å². The van der Waals surface area contributed by atoms with Gasteiger partial charge in [0.25, 0.3) is 0 Å². The summed E-state index contributed by atoms with van der Waals surface area (Å²) in [6.45, 7) is 13.2. The quantitative estimate of drug-likeness (QED) is 0.628. The molecule has 0 heterocycles. The van der Waals surface area contributed by atoms with Crippen LogP contribution in [0.1, 0.15) is 57.4 Å². The maximum absolute atomic E-state index is 2.31. The Kier molecular flexibility index (Phi) is 38.3. The van der Waals surface area contributed by atoms with Crippen molar-refractivity contribution in [2.75, 3.05) is 26.2 Å². The van der Waals surface area contributed by atoms with Crippen molar-refractivity contribution in [1.29, 1.82) is 0 Å². The van der Waals surface area contributed by atoms with Crippen LogP contribution in [0.4, 0.5) is 0 Å². The first-order chi connectivity index (χ1) is 5.28. The molecule has 0 saturated carbocycles. The van der Waals surface area contributed by atoms with E-state index in [4.69, 9.17) is 0 Å². The normalized spacial score (nSPS) is 8.13. The first-order valence-electron chi connectivity index (χ1n) is 4.61. The third-order valence-corrected chi connectivity index (χ3v) is 1.95. The Morgan fingerprint density at radius 3 is 0.933 bits per heavy atom. The van der Waals surface area contributed by atoms with Crippen molar-refractivity contribution in [3.8, 4) is 0 Å². The number of rotatable bonds is 6. The number of nitrogens with zero attached hydrogens (tertiary/aromatic N) is 2. The molecule has 0 saturated heterocycles. The third kappa shape index (κ3) is 14.0. The van der Waals surface area contributed by atoms with Gasteiger partial charge < -0.3 is 9.62 Å². The third-order valence-electron chi connectivity index (χ3n) is 1.95. The molecular weight excluding hydrogens is 183 g/mol. The molecule has 0 aromatic heterocycles. The van der Waals surface area contributed by atoms with Gasteiger partial charge in [0, 0.05) is 0 Å². The van der Waals surface area contributed by atoms with Gasteiger partial charge in [-0.1, -0.05) is 57.4 Å². The zero-order valence-corrected chi connectivity index (χ0v) is 8.30. The van der Waals surface area contributed by atoms with Crippen LogP contribution in [0.3, 0.4) is 0 Å². The highest BCUT2D eigenvalue weighted by Crippen LogP contribution is 1.89. The highest BCUT2D eigenvalue weighted by Gasteiger charge is 2.07. The van der Waals surface area contributed by atoms with Crippen molar-refractivity contribution in [1.82, 2.24) is 9.62 Å². The molecule has 1 radical (unpaired) electrons. The van der Waals surface area contributed by atoms with Crippen LogP contribution in [0.15, 0.2) is 0 Å². The monoisotopic (exact) mass is 219 g/mol. The minimum atomic E-state index is 0. The van der Waals surface area contributed by atoms with E-state index in [2.05, 4.69) is 44.9 Å². The van der Waals surface area contributed by atoms with Crippen LogP contribution in [-0.2, 0) is 0 Å². The minimum Gasteiger partial charge on any atom is -0.332 e. The molecule has 0 N–H and O–H groups in total. The summed E-state index contributed by atoms with van der Waals surface area (Å²) >= 11 is 0. The van der Waals surface area contributed by atoms with E-state index in [9.17, 15) is 0 Å². The van der Waals surface area contributed by atoms with Gasteiger partial charge in [0.15, 0.2) is 0 Å². The van der Waals surface area contributed by atoms with E-state index in [1.165, 1.54) is 0 Å². The zero-order valence-electron chi connectivity index (χ0n) is 8.30. The van der Waals surface area contributed by atoms with Crippen LogP contribution in [0.5, 0.6) is 0 Å². The van der Waals surface area contributed by atoms with Gasteiger partial charge in [0.2, 0.25) is 0 Å². The van der Waals surface area contributed by atoms with Crippen molar-refractivity contribution in [3.63, 3.8) is 0 Å². The minimum absolute atomic E-state index is 0. The SMILES string of the molecule is C.C.C.C.CCN([B]N(CC)CC)CC. The molecule has 0 aromatic rings. The lowest BCUT2D eigenvalue weighted by Gasteiger charge is -2.24. The zero-order chi connectivity index (χ0) is 8.69. The second kappa shape index (κ2) is 19.5. The van der Waals surface area contributed by atoms with Crippen molar-refractivity contribution >= 4 is 7.55 Å². The Bertz CT molecular complexity index is 71.7. The second-order valence-corrected chi connectivity index (χ2v) is 2.56. The van der Waals surface area contributed by atoms with Gasteiger partial charge in [0.05, 0.1) is 0 Å². The highest BCUT2D eigenvalue weighted by atomic mass is 15.2. The van der Waals surface area contributed by atoms with Gasteiger partial charge in [-0.05, 0) is 26.2 Å². The summed E-state index contributed by atoms with van der Waals surface area (Å²) in [6.07, 6.45) is 0. The molecule has 3 heteroatoms. The van der Waals surface area contributed by atoms with Gasteiger partial charge in [-0.2, -0.15) is 0 Å². The van der Waals surface area contributed by atoms with Gasteiger partial charge >= 0.3 is 7.55 Å². The maximum atomic E-state index is 2.31.